The van der Waals surface area contributed by atoms with Crippen LogP contribution in [0.15, 0.2) is 174 Å². The fraction of sp³-hybridized carbons (Fsp3) is 0. The van der Waals surface area contributed by atoms with Gasteiger partial charge in [-0.3, -0.25) is 0 Å². The van der Waals surface area contributed by atoms with Crippen LogP contribution in [-0.2, 0) is 0 Å². The minimum atomic E-state index is -0.942. The van der Waals surface area contributed by atoms with Crippen molar-refractivity contribution in [2.24, 2.45) is 0 Å². The van der Waals surface area contributed by atoms with E-state index in [-0.39, 0.29) is 21.9 Å². The Morgan fingerprint density at radius 1 is 0.333 bits per heavy atom. The second-order valence-corrected chi connectivity index (χ2v) is 10.1. The zero-order valence-electron chi connectivity index (χ0n) is 43.0. The van der Waals surface area contributed by atoms with Gasteiger partial charge in [-0.15, -0.1) is 0 Å². The molecule has 0 atom stereocenters. The first-order valence-electron chi connectivity index (χ1n) is 23.8. The van der Waals surface area contributed by atoms with Crippen LogP contribution in [0.25, 0.3) is 88.0 Å². The van der Waals surface area contributed by atoms with Gasteiger partial charge in [0, 0.05) is 10.8 Å². The molecule has 0 spiro atoms. The van der Waals surface area contributed by atoms with E-state index in [4.69, 9.17) is 20.9 Å². The van der Waals surface area contributed by atoms with Gasteiger partial charge in [-0.1, -0.05) is 151 Å². The lowest BCUT2D eigenvalue weighted by Gasteiger charge is -2.18. The summed E-state index contributed by atoms with van der Waals surface area (Å²) < 4.78 is 184. The predicted octanol–water partition coefficient (Wildman–Crippen LogP) is 12.6. The van der Waals surface area contributed by atoms with Crippen molar-refractivity contribution in [3.63, 3.8) is 0 Å². The largest absolute Gasteiger partial charge is 0.456 e. The van der Waals surface area contributed by atoms with Crippen LogP contribution in [0.3, 0.4) is 0 Å². The standard InChI is InChI=1S/C44H28O/c1-2-10-29(11-3-1)30-18-20-31(21-19-30)32-22-24-33(25-23-32)43-36-13-4-6-15-38(36)44(39-16-7-5-14-37(39)43)34-26-27-42-40(28-34)35-12-8-9-17-41(35)45-42/h1-28H/i2D,3D,4D,5D,6D,7D,10D,11D,13D,14D,15D,16D,18D,19D,20D,21D,22D,23D,24D,25D. The third-order valence-electron chi connectivity index (χ3n) is 7.58. The van der Waals surface area contributed by atoms with E-state index in [1.54, 1.807) is 42.5 Å². The second-order valence-electron chi connectivity index (χ2n) is 10.1. The highest BCUT2D eigenvalue weighted by atomic mass is 16.3. The first kappa shape index (κ1) is 12.6. The van der Waals surface area contributed by atoms with Gasteiger partial charge in [0.15, 0.2) is 0 Å². The van der Waals surface area contributed by atoms with E-state index in [0.29, 0.717) is 21.9 Å². The molecule has 1 nitrogen and oxygen atoms in total. The molecule has 0 unspecified atom stereocenters. The van der Waals surface area contributed by atoms with Crippen LogP contribution in [0.1, 0.15) is 27.4 Å². The molecule has 8 aromatic carbocycles. The highest BCUT2D eigenvalue weighted by Gasteiger charge is 2.18. The third-order valence-corrected chi connectivity index (χ3v) is 7.58. The van der Waals surface area contributed by atoms with Gasteiger partial charge in [-0.05, 0) is 84.3 Å². The molecule has 1 heteroatoms. The lowest BCUT2D eigenvalue weighted by atomic mass is 9.85. The summed E-state index contributed by atoms with van der Waals surface area (Å²) in [5.74, 6) is 0. The van der Waals surface area contributed by atoms with Crippen LogP contribution in [0, 0.1) is 0 Å². The molecule has 0 amide bonds. The van der Waals surface area contributed by atoms with Crippen molar-refractivity contribution in [3.05, 3.63) is 169 Å². The summed E-state index contributed by atoms with van der Waals surface area (Å²) in [4.78, 5) is 0. The van der Waals surface area contributed by atoms with Crippen LogP contribution < -0.4 is 0 Å². The molecular weight excluding hydrogens is 544 g/mol. The van der Waals surface area contributed by atoms with Crippen molar-refractivity contribution in [3.8, 4) is 44.5 Å². The van der Waals surface area contributed by atoms with Gasteiger partial charge in [0.1, 0.15) is 11.2 Å². The zero-order chi connectivity index (χ0) is 47.1. The Kier molecular flexibility index (Phi) is 2.90. The third kappa shape index (κ3) is 4.24. The highest BCUT2D eigenvalue weighted by Crippen LogP contribution is 2.45. The van der Waals surface area contributed by atoms with Gasteiger partial charge >= 0.3 is 0 Å². The van der Waals surface area contributed by atoms with Gasteiger partial charge < -0.3 is 4.42 Å². The topological polar surface area (TPSA) is 13.1 Å². The van der Waals surface area contributed by atoms with E-state index >= 15 is 0 Å². The van der Waals surface area contributed by atoms with Crippen molar-refractivity contribution >= 4 is 43.5 Å². The predicted molar refractivity (Wildman–Crippen MR) is 190 cm³/mol. The second kappa shape index (κ2) is 10.4. The molecule has 9 aromatic rings. The maximum absolute atomic E-state index is 9.45. The number of fused-ring (bicyclic) bond motifs is 5. The van der Waals surface area contributed by atoms with Crippen LogP contribution >= 0.6 is 0 Å². The summed E-state index contributed by atoms with van der Waals surface area (Å²) in [5.41, 5.74) is -2.51. The normalized spacial score (nSPS) is 17.8. The first-order valence-corrected chi connectivity index (χ1v) is 13.8. The summed E-state index contributed by atoms with van der Waals surface area (Å²) in [6, 6.07) is -2.43. The number of benzene rings is 8. The van der Waals surface area contributed by atoms with Gasteiger partial charge in [-0.25, -0.2) is 0 Å². The van der Waals surface area contributed by atoms with Crippen molar-refractivity contribution in [2.75, 3.05) is 0 Å². The van der Waals surface area contributed by atoms with Gasteiger partial charge in [0.25, 0.3) is 0 Å². The smallest absolute Gasteiger partial charge is 0.135 e. The number of para-hydroxylation sites is 1. The molecule has 45 heavy (non-hydrogen) atoms. The molecule has 1 aromatic heterocycles. The summed E-state index contributed by atoms with van der Waals surface area (Å²) in [7, 11) is 0. The Labute approximate surface area is 289 Å². The molecule has 0 saturated heterocycles. The molecule has 1 heterocycles. The Balaban J connectivity index is 1.44. The van der Waals surface area contributed by atoms with Crippen LogP contribution in [0.5, 0.6) is 0 Å². The maximum Gasteiger partial charge on any atom is 0.135 e. The number of furan rings is 1. The molecule has 0 aliphatic rings. The summed E-state index contributed by atoms with van der Waals surface area (Å²) in [6.45, 7) is 0. The molecule has 0 fully saturated rings. The van der Waals surface area contributed by atoms with Crippen LogP contribution in [0.2, 0.25) is 0 Å². The van der Waals surface area contributed by atoms with E-state index in [2.05, 4.69) is 0 Å². The Bertz CT molecular complexity index is 3500. The minimum Gasteiger partial charge on any atom is -0.456 e. The summed E-state index contributed by atoms with van der Waals surface area (Å²) in [5, 5.41) is -0.0567. The zero-order valence-corrected chi connectivity index (χ0v) is 23.0. The summed E-state index contributed by atoms with van der Waals surface area (Å²) >= 11 is 0. The monoisotopic (exact) mass is 592 g/mol. The number of rotatable bonds is 4. The van der Waals surface area contributed by atoms with Gasteiger partial charge in [0.2, 0.25) is 0 Å². The minimum absolute atomic E-state index is 0.0410. The Morgan fingerprint density at radius 3 is 1.38 bits per heavy atom. The van der Waals surface area contributed by atoms with Gasteiger partial charge in [0.05, 0.1) is 27.4 Å². The molecule has 0 saturated carbocycles. The fourth-order valence-corrected chi connectivity index (χ4v) is 5.58. The molecule has 0 aliphatic heterocycles. The van der Waals surface area contributed by atoms with E-state index in [9.17, 15) is 11.0 Å². The van der Waals surface area contributed by atoms with E-state index in [1.165, 1.54) is 0 Å². The Morgan fingerprint density at radius 2 is 0.800 bits per heavy atom. The molecule has 0 radical (unpaired) electrons. The molecule has 0 N–H and O–H groups in total. The highest BCUT2D eigenvalue weighted by molar-refractivity contribution is 6.22. The molecule has 210 valence electrons. The fourth-order valence-electron chi connectivity index (χ4n) is 5.58. The van der Waals surface area contributed by atoms with E-state index in [0.717, 1.165) is 6.07 Å². The average Bonchev–Trinajstić information content (AvgIpc) is 3.66. The maximum atomic E-state index is 9.45. The first-order chi connectivity index (χ1) is 30.6. The van der Waals surface area contributed by atoms with Crippen LogP contribution in [-0.4, -0.2) is 0 Å². The van der Waals surface area contributed by atoms with Crippen molar-refractivity contribution in [1.29, 1.82) is 0 Å². The molecular formula is C44H28O. The summed E-state index contributed by atoms with van der Waals surface area (Å²) in [6.07, 6.45) is 0. The van der Waals surface area contributed by atoms with Crippen molar-refractivity contribution < 1.29 is 31.8 Å². The lowest BCUT2D eigenvalue weighted by Crippen LogP contribution is -1.91. The van der Waals surface area contributed by atoms with Crippen LogP contribution in [0.4, 0.5) is 0 Å². The van der Waals surface area contributed by atoms with Crippen molar-refractivity contribution in [2.45, 2.75) is 0 Å². The van der Waals surface area contributed by atoms with E-state index < -0.39 is 165 Å². The SMILES string of the molecule is [2H]c1cc([2H])c([2H])c(-c2c([2H])c([2H])c(-c3c([2H])c([2H])c(-c4c5c([2H])c([2H])c([2H])c([2H])c5c(-c5ccc6oc7ccccc7c6c5)c5c([2H])c([2H])c([2H])c([2H])c45)c([2H])c3[2H])c([2H])c2[2H])c1[2H]. The van der Waals surface area contributed by atoms with E-state index in [1.807, 2.05) is 0 Å². The lowest BCUT2D eigenvalue weighted by molar-refractivity contribution is 0.669. The quantitative estimate of drug-likeness (QED) is 0.185. The Hall–Kier alpha value is -5.92. The van der Waals surface area contributed by atoms with Gasteiger partial charge in [-0.2, -0.15) is 0 Å². The number of hydrogen-bond donors (Lipinski definition) is 0. The molecule has 0 bridgehead atoms. The average molecular weight is 593 g/mol. The molecule has 0 aliphatic carbocycles. The molecule has 9 rings (SSSR count). The van der Waals surface area contributed by atoms with Crippen molar-refractivity contribution in [1.82, 2.24) is 0 Å². The number of hydrogen-bond acceptors (Lipinski definition) is 1.